The minimum absolute atomic E-state index is 0.415. The predicted octanol–water partition coefficient (Wildman–Crippen LogP) is 2.44. The summed E-state index contributed by atoms with van der Waals surface area (Å²) in [4.78, 5) is 24.0. The number of amides is 1. The first-order chi connectivity index (χ1) is 12.5. The molecular formula is C16H16BrN7OS. The van der Waals surface area contributed by atoms with E-state index in [9.17, 15) is 4.79 Å². The number of nitrogens with zero attached hydrogens (tertiary/aromatic N) is 5. The lowest BCUT2D eigenvalue weighted by molar-refractivity contribution is 0.100. The van der Waals surface area contributed by atoms with Crippen LogP contribution in [0.3, 0.4) is 0 Å². The fourth-order valence-corrected chi connectivity index (χ4v) is 4.50. The van der Waals surface area contributed by atoms with Crippen molar-refractivity contribution in [2.45, 2.75) is 13.0 Å². The van der Waals surface area contributed by atoms with Crippen LogP contribution in [0.1, 0.15) is 20.8 Å². The SMILES string of the molecule is Cn1cc(Nc2sc3c(c2C(N)=O)CCN(c2ncc(Br)cn2)C3)cn1. The van der Waals surface area contributed by atoms with Crippen LogP contribution < -0.4 is 16.0 Å². The molecule has 0 bridgehead atoms. The van der Waals surface area contributed by atoms with Crippen LogP contribution in [-0.2, 0) is 20.0 Å². The van der Waals surface area contributed by atoms with Crippen LogP contribution >= 0.6 is 27.3 Å². The van der Waals surface area contributed by atoms with Crippen LogP contribution in [0.15, 0.2) is 29.3 Å². The van der Waals surface area contributed by atoms with Gasteiger partial charge in [-0.3, -0.25) is 9.48 Å². The lowest BCUT2D eigenvalue weighted by atomic mass is 10.0. The summed E-state index contributed by atoms with van der Waals surface area (Å²) in [6.45, 7) is 1.38. The number of carbonyl (C=O) groups excluding carboxylic acids is 1. The van der Waals surface area contributed by atoms with E-state index >= 15 is 0 Å². The molecule has 4 heterocycles. The van der Waals surface area contributed by atoms with E-state index in [2.05, 4.69) is 41.2 Å². The molecule has 8 nitrogen and oxygen atoms in total. The highest BCUT2D eigenvalue weighted by atomic mass is 79.9. The molecule has 3 aromatic rings. The minimum Gasteiger partial charge on any atom is -0.365 e. The Hall–Kier alpha value is -2.46. The predicted molar refractivity (Wildman–Crippen MR) is 104 cm³/mol. The van der Waals surface area contributed by atoms with E-state index in [0.29, 0.717) is 18.1 Å². The van der Waals surface area contributed by atoms with E-state index in [1.165, 1.54) is 0 Å². The summed E-state index contributed by atoms with van der Waals surface area (Å²) in [6.07, 6.45) is 7.75. The van der Waals surface area contributed by atoms with Crippen molar-refractivity contribution in [1.29, 1.82) is 0 Å². The van der Waals surface area contributed by atoms with Crippen LogP contribution in [-0.4, -0.2) is 32.2 Å². The number of nitrogens with two attached hydrogens (primary N) is 1. The van der Waals surface area contributed by atoms with Crippen molar-refractivity contribution in [3.05, 3.63) is 45.3 Å². The fraction of sp³-hybridized carbons (Fsp3) is 0.250. The number of hydrogen-bond donors (Lipinski definition) is 2. The van der Waals surface area contributed by atoms with Gasteiger partial charge in [-0.1, -0.05) is 0 Å². The summed E-state index contributed by atoms with van der Waals surface area (Å²) < 4.78 is 2.54. The second-order valence-corrected chi connectivity index (χ2v) is 7.99. The average Bonchev–Trinajstić information content (AvgIpc) is 3.17. The molecule has 0 aliphatic carbocycles. The first-order valence-electron chi connectivity index (χ1n) is 7.94. The Morgan fingerprint density at radius 1 is 1.35 bits per heavy atom. The van der Waals surface area contributed by atoms with Crippen molar-refractivity contribution in [3.8, 4) is 0 Å². The normalized spacial score (nSPS) is 13.5. The molecule has 1 aliphatic heterocycles. The maximum atomic E-state index is 12.1. The third kappa shape index (κ3) is 3.17. The van der Waals surface area contributed by atoms with Crippen LogP contribution in [0.2, 0.25) is 0 Å². The zero-order valence-corrected chi connectivity index (χ0v) is 16.3. The van der Waals surface area contributed by atoms with E-state index < -0.39 is 5.91 Å². The zero-order chi connectivity index (χ0) is 18.3. The molecule has 3 N–H and O–H groups in total. The number of thiophene rings is 1. The topological polar surface area (TPSA) is 102 Å². The van der Waals surface area contributed by atoms with Crippen molar-refractivity contribution in [2.75, 3.05) is 16.8 Å². The second kappa shape index (κ2) is 6.69. The largest absolute Gasteiger partial charge is 0.365 e. The van der Waals surface area contributed by atoms with Gasteiger partial charge < -0.3 is 16.0 Å². The van der Waals surface area contributed by atoms with Gasteiger partial charge in [0.15, 0.2) is 0 Å². The van der Waals surface area contributed by atoms with E-state index in [-0.39, 0.29) is 0 Å². The molecule has 0 saturated heterocycles. The smallest absolute Gasteiger partial charge is 0.251 e. The highest BCUT2D eigenvalue weighted by Crippen LogP contribution is 2.38. The van der Waals surface area contributed by atoms with Gasteiger partial charge in [-0.05, 0) is 27.9 Å². The van der Waals surface area contributed by atoms with Gasteiger partial charge in [-0.2, -0.15) is 5.10 Å². The molecule has 0 atom stereocenters. The van der Waals surface area contributed by atoms with Crippen molar-refractivity contribution in [1.82, 2.24) is 19.7 Å². The molecule has 1 amide bonds. The molecule has 134 valence electrons. The monoisotopic (exact) mass is 433 g/mol. The lowest BCUT2D eigenvalue weighted by Gasteiger charge is -2.27. The Morgan fingerprint density at radius 3 is 2.77 bits per heavy atom. The van der Waals surface area contributed by atoms with Gasteiger partial charge in [-0.25, -0.2) is 9.97 Å². The molecule has 1 aliphatic rings. The first kappa shape index (κ1) is 17.0. The van der Waals surface area contributed by atoms with Gasteiger partial charge in [0, 0.05) is 37.1 Å². The molecule has 10 heteroatoms. The Kier molecular flexibility index (Phi) is 4.37. The third-order valence-corrected chi connectivity index (χ3v) is 5.70. The lowest BCUT2D eigenvalue weighted by Crippen LogP contribution is -2.31. The van der Waals surface area contributed by atoms with Crippen LogP contribution in [0.25, 0.3) is 0 Å². The molecule has 4 rings (SSSR count). The quantitative estimate of drug-likeness (QED) is 0.654. The van der Waals surface area contributed by atoms with Crippen molar-refractivity contribution in [3.63, 3.8) is 0 Å². The van der Waals surface area contributed by atoms with Crippen LogP contribution in [0, 0.1) is 0 Å². The Bertz CT molecular complexity index is 966. The van der Waals surface area contributed by atoms with Gasteiger partial charge in [0.05, 0.1) is 28.5 Å². The van der Waals surface area contributed by atoms with Crippen molar-refractivity contribution < 1.29 is 4.79 Å². The molecule has 0 fully saturated rings. The number of fused-ring (bicyclic) bond motifs is 1. The molecule has 3 aromatic heterocycles. The zero-order valence-electron chi connectivity index (χ0n) is 13.9. The number of primary amides is 1. The number of anilines is 3. The number of hydrogen-bond acceptors (Lipinski definition) is 7. The van der Waals surface area contributed by atoms with Gasteiger partial charge in [0.2, 0.25) is 5.95 Å². The second-order valence-electron chi connectivity index (χ2n) is 5.97. The number of nitrogens with one attached hydrogen (secondary N) is 1. The molecule has 0 aromatic carbocycles. The van der Waals surface area contributed by atoms with Crippen LogP contribution in [0.5, 0.6) is 0 Å². The standard InChI is InChI=1S/C16H16BrN7OS/c1-23-7-10(6-21-23)22-15-13(14(18)25)11-2-3-24(8-12(11)26-15)16-19-4-9(17)5-20-16/h4-7,22H,2-3,8H2,1H3,(H2,18,25). The highest BCUT2D eigenvalue weighted by Gasteiger charge is 2.28. The Morgan fingerprint density at radius 2 is 2.12 bits per heavy atom. The van der Waals surface area contributed by atoms with Gasteiger partial charge >= 0.3 is 0 Å². The maximum absolute atomic E-state index is 12.1. The molecule has 0 saturated carbocycles. The van der Waals surface area contributed by atoms with Gasteiger partial charge in [0.1, 0.15) is 5.00 Å². The van der Waals surface area contributed by atoms with E-state index in [1.54, 1.807) is 34.6 Å². The molecule has 0 unspecified atom stereocenters. The molecule has 0 radical (unpaired) electrons. The van der Waals surface area contributed by atoms with E-state index in [1.807, 2.05) is 13.2 Å². The number of halogens is 1. The average molecular weight is 434 g/mol. The summed E-state index contributed by atoms with van der Waals surface area (Å²) >= 11 is 4.89. The van der Waals surface area contributed by atoms with Gasteiger partial charge in [-0.15, -0.1) is 11.3 Å². The van der Waals surface area contributed by atoms with Crippen LogP contribution in [0.4, 0.5) is 16.6 Å². The fourth-order valence-electron chi connectivity index (χ4n) is 3.01. The maximum Gasteiger partial charge on any atom is 0.251 e. The Balaban J connectivity index is 1.65. The van der Waals surface area contributed by atoms with Gasteiger partial charge in [0.25, 0.3) is 5.91 Å². The minimum atomic E-state index is -0.415. The summed E-state index contributed by atoms with van der Waals surface area (Å²) in [5, 5.41) is 8.17. The third-order valence-electron chi connectivity index (χ3n) is 4.16. The highest BCUT2D eigenvalue weighted by molar-refractivity contribution is 9.10. The number of carbonyl (C=O) groups is 1. The van der Waals surface area contributed by atoms with E-state index in [0.717, 1.165) is 38.6 Å². The summed E-state index contributed by atoms with van der Waals surface area (Å²) in [5.74, 6) is 0.261. The number of aromatic nitrogens is 4. The van der Waals surface area contributed by atoms with E-state index in [4.69, 9.17) is 5.73 Å². The number of aryl methyl sites for hydroxylation is 1. The summed E-state index contributed by atoms with van der Waals surface area (Å²) in [6, 6.07) is 0. The first-order valence-corrected chi connectivity index (χ1v) is 9.54. The van der Waals surface area contributed by atoms with Crippen molar-refractivity contribution >= 4 is 49.8 Å². The number of rotatable bonds is 4. The Labute approximate surface area is 162 Å². The molecule has 26 heavy (non-hydrogen) atoms. The van der Waals surface area contributed by atoms with Crippen molar-refractivity contribution in [2.24, 2.45) is 12.8 Å². The molecule has 0 spiro atoms. The molecular weight excluding hydrogens is 418 g/mol. The summed E-state index contributed by atoms with van der Waals surface area (Å²) in [5.41, 5.74) is 8.08. The summed E-state index contributed by atoms with van der Waals surface area (Å²) in [7, 11) is 1.84.